The minimum absolute atomic E-state index is 0.139. The molecule has 12 heteroatoms. The number of benzene rings is 3. The highest BCUT2D eigenvalue weighted by Gasteiger charge is 2.14. The second kappa shape index (κ2) is 34.0. The van der Waals surface area contributed by atoms with Gasteiger partial charge in [-0.2, -0.15) is 0 Å². The summed E-state index contributed by atoms with van der Waals surface area (Å²) in [6.45, 7) is 22.5. The first-order valence-electron chi connectivity index (χ1n) is 23.7. The van der Waals surface area contributed by atoms with E-state index in [1.54, 1.807) is 20.8 Å². The first kappa shape index (κ1) is 54.9. The molecule has 0 saturated heterocycles. The Balaban J connectivity index is 1.29. The fraction of sp³-hybridized carbons (Fsp3) is 0.500. The van der Waals surface area contributed by atoms with E-state index in [4.69, 9.17) is 42.6 Å². The zero-order chi connectivity index (χ0) is 47.6. The van der Waals surface area contributed by atoms with E-state index in [0.29, 0.717) is 89.4 Å². The molecule has 0 radical (unpaired) electrons. The van der Waals surface area contributed by atoms with Crippen molar-refractivity contribution in [3.05, 3.63) is 109 Å². The predicted molar refractivity (Wildman–Crippen MR) is 260 cm³/mol. The molecule has 0 aromatic heterocycles. The summed E-state index contributed by atoms with van der Waals surface area (Å²) >= 11 is 0. The normalized spacial score (nSPS) is 10.9. The van der Waals surface area contributed by atoms with Gasteiger partial charge in [0.05, 0.1) is 69.6 Å². The van der Waals surface area contributed by atoms with E-state index in [2.05, 4.69) is 19.7 Å². The maximum Gasteiger partial charge on any atom is 0.338 e. The highest BCUT2D eigenvalue weighted by Crippen LogP contribution is 2.22. The third kappa shape index (κ3) is 22.7. The number of esters is 3. The largest absolute Gasteiger partial charge is 0.494 e. The summed E-state index contributed by atoms with van der Waals surface area (Å²) in [7, 11) is 0. The van der Waals surface area contributed by atoms with Crippen LogP contribution in [-0.2, 0) is 42.8 Å². The lowest BCUT2D eigenvalue weighted by atomic mass is 10.1. The molecule has 362 valence electrons. The van der Waals surface area contributed by atoms with Gasteiger partial charge in [-0.15, -0.1) is 0 Å². The molecule has 0 aliphatic carbocycles. The molecule has 0 aliphatic rings. The second-order valence-corrected chi connectivity index (χ2v) is 15.6. The number of carbonyl (C=O) groups is 3. The Morgan fingerprint density at radius 1 is 0.394 bits per heavy atom. The zero-order valence-corrected chi connectivity index (χ0v) is 39.8. The molecule has 3 aromatic rings. The van der Waals surface area contributed by atoms with Crippen molar-refractivity contribution < 1.29 is 57.0 Å². The Labute approximate surface area is 393 Å². The third-order valence-electron chi connectivity index (χ3n) is 10.3. The SMILES string of the molecule is C=C(C(=O)OCC)c1ccc(OCCCCCCOCC(COCCCCCCOc2ccc(C(=C)C(=O)OCC)cc2)OCCCCCCOc2ccc(C(=C)C(=O)OCC)cc2)cc1. The summed E-state index contributed by atoms with van der Waals surface area (Å²) in [6, 6.07) is 22.0. The van der Waals surface area contributed by atoms with Crippen molar-refractivity contribution >= 4 is 34.6 Å². The fourth-order valence-electron chi connectivity index (χ4n) is 6.54. The number of ether oxygens (including phenoxy) is 9. The van der Waals surface area contributed by atoms with Crippen molar-refractivity contribution in [2.75, 3.05) is 72.7 Å². The Morgan fingerprint density at radius 3 is 0.955 bits per heavy atom. The number of rotatable bonds is 38. The second-order valence-electron chi connectivity index (χ2n) is 15.6. The molecule has 0 bridgehead atoms. The monoisotopic (exact) mass is 915 g/mol. The van der Waals surface area contributed by atoms with E-state index >= 15 is 0 Å². The average molecular weight is 915 g/mol. The molecule has 0 aliphatic heterocycles. The van der Waals surface area contributed by atoms with Gasteiger partial charge in [0.15, 0.2) is 0 Å². The van der Waals surface area contributed by atoms with E-state index in [1.165, 1.54) is 0 Å². The summed E-state index contributed by atoms with van der Waals surface area (Å²) in [5.41, 5.74) is 3.16. The van der Waals surface area contributed by atoms with Gasteiger partial charge in [-0.25, -0.2) is 14.4 Å². The van der Waals surface area contributed by atoms with Gasteiger partial charge in [-0.3, -0.25) is 0 Å². The van der Waals surface area contributed by atoms with Gasteiger partial charge >= 0.3 is 17.9 Å². The van der Waals surface area contributed by atoms with Crippen molar-refractivity contribution in [3.63, 3.8) is 0 Å². The molecule has 0 amide bonds. The molecule has 0 heterocycles. The van der Waals surface area contributed by atoms with Gasteiger partial charge in [0.25, 0.3) is 0 Å². The Bertz CT molecular complexity index is 1760. The highest BCUT2D eigenvalue weighted by atomic mass is 16.6. The molecule has 3 rings (SSSR count). The third-order valence-corrected chi connectivity index (χ3v) is 10.3. The fourth-order valence-corrected chi connectivity index (χ4v) is 6.54. The molecule has 0 unspecified atom stereocenters. The van der Waals surface area contributed by atoms with Crippen LogP contribution in [0.5, 0.6) is 17.2 Å². The Kier molecular flexibility index (Phi) is 28.3. The summed E-state index contributed by atoms with van der Waals surface area (Å²) in [6.07, 6.45) is 11.7. The number of hydrogen-bond acceptors (Lipinski definition) is 12. The maximum absolute atomic E-state index is 11.9. The number of hydrogen-bond donors (Lipinski definition) is 0. The van der Waals surface area contributed by atoms with E-state index in [9.17, 15) is 14.4 Å². The smallest absolute Gasteiger partial charge is 0.338 e. The van der Waals surface area contributed by atoms with Crippen LogP contribution in [-0.4, -0.2) is 96.7 Å². The van der Waals surface area contributed by atoms with Gasteiger partial charge in [0.2, 0.25) is 0 Å². The Morgan fingerprint density at radius 2 is 0.667 bits per heavy atom. The minimum Gasteiger partial charge on any atom is -0.494 e. The summed E-state index contributed by atoms with van der Waals surface area (Å²) in [4.78, 5) is 35.8. The predicted octanol–water partition coefficient (Wildman–Crippen LogP) is 11.1. The zero-order valence-electron chi connectivity index (χ0n) is 39.8. The van der Waals surface area contributed by atoms with Crippen molar-refractivity contribution in [3.8, 4) is 17.2 Å². The van der Waals surface area contributed by atoms with Crippen LogP contribution in [0.1, 0.15) is 115 Å². The van der Waals surface area contributed by atoms with Crippen molar-refractivity contribution in [2.24, 2.45) is 0 Å². The van der Waals surface area contributed by atoms with Gasteiger partial charge in [0, 0.05) is 19.8 Å². The minimum atomic E-state index is -0.414. The lowest BCUT2D eigenvalue weighted by Gasteiger charge is -2.18. The van der Waals surface area contributed by atoms with E-state index < -0.39 is 17.9 Å². The van der Waals surface area contributed by atoms with Crippen LogP contribution in [0.15, 0.2) is 92.5 Å². The van der Waals surface area contributed by atoms with Crippen molar-refractivity contribution in [2.45, 2.75) is 104 Å². The number of unbranched alkanes of at least 4 members (excludes halogenated alkanes) is 9. The van der Waals surface area contributed by atoms with Crippen molar-refractivity contribution in [1.29, 1.82) is 0 Å². The first-order valence-corrected chi connectivity index (χ1v) is 23.7. The topological polar surface area (TPSA) is 134 Å². The van der Waals surface area contributed by atoms with E-state index in [0.717, 1.165) is 111 Å². The maximum atomic E-state index is 11.9. The molecule has 12 nitrogen and oxygen atoms in total. The van der Waals surface area contributed by atoms with E-state index in [1.807, 2.05) is 72.8 Å². The molecule has 0 saturated carbocycles. The van der Waals surface area contributed by atoms with Crippen LogP contribution in [0.25, 0.3) is 16.7 Å². The average Bonchev–Trinajstić information content (AvgIpc) is 3.33. The molecule has 3 aromatic carbocycles. The molecule has 66 heavy (non-hydrogen) atoms. The standard InChI is InChI=1S/C54H74O12/c1-7-60-52(55)42(4)45-22-28-48(29-23-45)63-36-18-12-10-16-34-58-40-51(66-39-21-15-14-20-38-65-50-32-26-47(27-33-50)44(6)54(57)62-9-3)41-59-35-17-11-13-19-37-64-49-30-24-46(25-31-49)43(5)53(56)61-8-2/h22-33,51H,4-21,34-41H2,1-3H3. The summed E-state index contributed by atoms with van der Waals surface area (Å²) in [5.74, 6) is 1.03. The van der Waals surface area contributed by atoms with Gasteiger partial charge < -0.3 is 42.6 Å². The van der Waals surface area contributed by atoms with Crippen LogP contribution in [0, 0.1) is 0 Å². The molecular formula is C54H74O12. The van der Waals surface area contributed by atoms with Crippen LogP contribution in [0.3, 0.4) is 0 Å². The highest BCUT2D eigenvalue weighted by molar-refractivity contribution is 6.16. The van der Waals surface area contributed by atoms with Crippen LogP contribution < -0.4 is 14.2 Å². The lowest BCUT2D eigenvalue weighted by molar-refractivity contribution is -0.136. The van der Waals surface area contributed by atoms with Crippen LogP contribution in [0.2, 0.25) is 0 Å². The van der Waals surface area contributed by atoms with Gasteiger partial charge in [-0.1, -0.05) is 75.4 Å². The lowest BCUT2D eigenvalue weighted by Crippen LogP contribution is -2.27. The van der Waals surface area contributed by atoms with Gasteiger partial charge in [-0.05, 0) is 132 Å². The molecule has 0 spiro atoms. The van der Waals surface area contributed by atoms with Crippen LogP contribution >= 0.6 is 0 Å². The molecule has 0 fully saturated rings. The van der Waals surface area contributed by atoms with Crippen LogP contribution in [0.4, 0.5) is 0 Å². The van der Waals surface area contributed by atoms with Gasteiger partial charge in [0.1, 0.15) is 23.4 Å². The quantitative estimate of drug-likeness (QED) is 0.0234. The summed E-state index contributed by atoms with van der Waals surface area (Å²) in [5, 5.41) is 0. The Hall–Kier alpha value is -5.43. The number of carbonyl (C=O) groups excluding carboxylic acids is 3. The molecule has 0 N–H and O–H groups in total. The molecular weight excluding hydrogens is 841 g/mol. The first-order chi connectivity index (χ1) is 32.2. The summed E-state index contributed by atoms with van der Waals surface area (Å²) < 4.78 is 51.2. The van der Waals surface area contributed by atoms with E-state index in [-0.39, 0.29) is 6.10 Å². The molecule has 0 atom stereocenters. The van der Waals surface area contributed by atoms with Crippen molar-refractivity contribution in [1.82, 2.24) is 0 Å².